The molecule has 4 rings (SSSR count). The van der Waals surface area contributed by atoms with Gasteiger partial charge in [-0.15, -0.1) is 0 Å². The van der Waals surface area contributed by atoms with Gasteiger partial charge in [0.2, 0.25) is 0 Å². The van der Waals surface area contributed by atoms with Crippen molar-refractivity contribution in [3.63, 3.8) is 0 Å². The van der Waals surface area contributed by atoms with Crippen LogP contribution in [0.3, 0.4) is 0 Å². The van der Waals surface area contributed by atoms with E-state index in [4.69, 9.17) is 9.47 Å². The fourth-order valence-electron chi connectivity index (χ4n) is 3.12. The normalized spacial score (nSPS) is 10.3. The number of rotatable bonds is 5. The van der Waals surface area contributed by atoms with Crippen molar-refractivity contribution in [3.8, 4) is 29.0 Å². The number of hydrogen-bond acceptors (Lipinski definition) is 4. The number of para-hydroxylation sites is 2. The minimum Gasteiger partial charge on any atom is -0.481 e. The van der Waals surface area contributed by atoms with Gasteiger partial charge in [0.1, 0.15) is 24.7 Å². The van der Waals surface area contributed by atoms with Crippen molar-refractivity contribution in [1.82, 2.24) is 9.55 Å². The van der Waals surface area contributed by atoms with Gasteiger partial charge in [-0.05, 0) is 42.8 Å². The summed E-state index contributed by atoms with van der Waals surface area (Å²) >= 11 is 0. The number of aryl methyl sites for hydroxylation is 1. The van der Waals surface area contributed by atoms with Crippen LogP contribution in [0.25, 0.3) is 16.7 Å². The highest BCUT2D eigenvalue weighted by Gasteiger charge is 2.11. The zero-order valence-corrected chi connectivity index (χ0v) is 16.5. The first kappa shape index (κ1) is 19.3. The first-order valence-corrected chi connectivity index (χ1v) is 9.57. The van der Waals surface area contributed by atoms with Crippen LogP contribution in [0.4, 0.5) is 0 Å². The molecule has 0 radical (unpaired) electrons. The lowest BCUT2D eigenvalue weighted by atomic mass is 10.2. The van der Waals surface area contributed by atoms with Crippen molar-refractivity contribution in [1.29, 1.82) is 0 Å². The quantitative estimate of drug-likeness (QED) is 0.476. The maximum Gasteiger partial charge on any atom is 0.260 e. The fraction of sp³-hybridized carbons (Fsp3) is 0.120. The van der Waals surface area contributed by atoms with E-state index in [0.29, 0.717) is 11.4 Å². The number of ether oxygens (including phenoxy) is 2. The van der Waals surface area contributed by atoms with E-state index in [9.17, 15) is 4.79 Å². The molecular weight excluding hydrogens is 376 g/mol. The molecule has 0 fully saturated rings. The minimum absolute atomic E-state index is 0.149. The lowest BCUT2D eigenvalue weighted by molar-refractivity contribution is 0.362. The van der Waals surface area contributed by atoms with Gasteiger partial charge in [-0.25, -0.2) is 4.98 Å². The van der Waals surface area contributed by atoms with Gasteiger partial charge in [-0.2, -0.15) is 0 Å². The standard InChI is InChI=1S/C25H20N2O3/c1-19-10-5-6-14-22(19)29-16-7-8-17-30-23-18-24(28)27(20-11-3-2-4-12-20)25-21(23)13-9-15-26-25/h2-6,9-15,18H,16-17H2,1H3. The smallest absolute Gasteiger partial charge is 0.260 e. The number of aromatic nitrogens is 2. The molecular formula is C25H20N2O3. The van der Waals surface area contributed by atoms with Gasteiger partial charge in [-0.3, -0.25) is 9.36 Å². The van der Waals surface area contributed by atoms with E-state index in [1.807, 2.05) is 73.7 Å². The second kappa shape index (κ2) is 8.97. The molecule has 2 heterocycles. The Morgan fingerprint density at radius 2 is 1.57 bits per heavy atom. The Balaban J connectivity index is 1.51. The lowest BCUT2D eigenvalue weighted by Crippen LogP contribution is -2.19. The molecule has 0 aliphatic carbocycles. The van der Waals surface area contributed by atoms with Crippen molar-refractivity contribution in [2.45, 2.75) is 6.92 Å². The highest BCUT2D eigenvalue weighted by atomic mass is 16.5. The van der Waals surface area contributed by atoms with E-state index >= 15 is 0 Å². The van der Waals surface area contributed by atoms with Gasteiger partial charge in [0.25, 0.3) is 5.56 Å². The summed E-state index contributed by atoms with van der Waals surface area (Å²) in [5, 5.41) is 0.749. The van der Waals surface area contributed by atoms with Crippen LogP contribution in [0.1, 0.15) is 5.56 Å². The molecule has 0 saturated heterocycles. The van der Waals surface area contributed by atoms with Crippen LogP contribution < -0.4 is 15.0 Å². The van der Waals surface area contributed by atoms with Gasteiger partial charge < -0.3 is 9.47 Å². The van der Waals surface area contributed by atoms with Gasteiger partial charge in [0.15, 0.2) is 5.65 Å². The Labute approximate surface area is 174 Å². The summed E-state index contributed by atoms with van der Waals surface area (Å²) in [6.07, 6.45) is 1.66. The van der Waals surface area contributed by atoms with Crippen LogP contribution in [0, 0.1) is 18.8 Å². The second-order valence-electron chi connectivity index (χ2n) is 6.59. The maximum absolute atomic E-state index is 12.8. The first-order valence-electron chi connectivity index (χ1n) is 9.57. The van der Waals surface area contributed by atoms with Crippen molar-refractivity contribution in [2.75, 3.05) is 13.2 Å². The van der Waals surface area contributed by atoms with E-state index in [1.54, 1.807) is 10.8 Å². The van der Waals surface area contributed by atoms with Crippen LogP contribution in [0.2, 0.25) is 0 Å². The van der Waals surface area contributed by atoms with Gasteiger partial charge >= 0.3 is 0 Å². The Hall–Kier alpha value is -4.04. The zero-order valence-electron chi connectivity index (χ0n) is 16.5. The molecule has 0 amide bonds. The number of nitrogens with zero attached hydrogens (tertiary/aromatic N) is 2. The van der Waals surface area contributed by atoms with E-state index in [2.05, 4.69) is 16.8 Å². The summed E-state index contributed by atoms with van der Waals surface area (Å²) < 4.78 is 13.0. The molecule has 5 nitrogen and oxygen atoms in total. The summed E-state index contributed by atoms with van der Waals surface area (Å²) in [6, 6.07) is 22.4. The van der Waals surface area contributed by atoms with Gasteiger partial charge in [-0.1, -0.05) is 48.2 Å². The van der Waals surface area contributed by atoms with Gasteiger partial charge in [0, 0.05) is 12.3 Å². The van der Waals surface area contributed by atoms with Crippen LogP contribution >= 0.6 is 0 Å². The monoisotopic (exact) mass is 396 g/mol. The number of pyridine rings is 2. The Morgan fingerprint density at radius 1 is 0.867 bits per heavy atom. The second-order valence-corrected chi connectivity index (χ2v) is 6.59. The zero-order chi connectivity index (χ0) is 20.8. The van der Waals surface area contributed by atoms with Crippen LogP contribution in [0.15, 0.2) is 83.8 Å². The van der Waals surface area contributed by atoms with Crippen molar-refractivity contribution in [3.05, 3.63) is 94.9 Å². The number of hydrogen-bond donors (Lipinski definition) is 0. The molecule has 2 aromatic carbocycles. The maximum atomic E-state index is 12.8. The predicted molar refractivity (Wildman–Crippen MR) is 117 cm³/mol. The topological polar surface area (TPSA) is 53.4 Å². The average Bonchev–Trinajstić information content (AvgIpc) is 2.78. The molecule has 0 bridgehead atoms. The molecule has 2 aromatic heterocycles. The molecule has 0 N–H and O–H groups in total. The SMILES string of the molecule is Cc1ccccc1OCC#CCOc1cc(=O)n(-c2ccccc2)c2ncccc12. The fourth-order valence-corrected chi connectivity index (χ4v) is 3.12. The third-order valence-corrected chi connectivity index (χ3v) is 4.57. The predicted octanol–water partition coefficient (Wildman–Crippen LogP) is 4.16. The summed E-state index contributed by atoms with van der Waals surface area (Å²) in [4.78, 5) is 17.2. The summed E-state index contributed by atoms with van der Waals surface area (Å²) in [5.74, 6) is 7.14. The van der Waals surface area contributed by atoms with E-state index in [0.717, 1.165) is 22.4 Å². The third-order valence-electron chi connectivity index (χ3n) is 4.57. The highest BCUT2D eigenvalue weighted by molar-refractivity contribution is 5.83. The molecule has 0 aliphatic rings. The molecule has 0 atom stereocenters. The number of fused-ring (bicyclic) bond motifs is 1. The third kappa shape index (κ3) is 4.18. The number of benzene rings is 2. The largest absolute Gasteiger partial charge is 0.481 e. The first-order chi connectivity index (χ1) is 14.7. The summed E-state index contributed by atoms with van der Waals surface area (Å²) in [7, 11) is 0. The average molecular weight is 396 g/mol. The minimum atomic E-state index is -0.210. The Morgan fingerprint density at radius 3 is 2.33 bits per heavy atom. The summed E-state index contributed by atoms with van der Waals surface area (Å²) in [5.41, 5.74) is 2.15. The molecule has 0 aliphatic heterocycles. The molecule has 0 unspecified atom stereocenters. The van der Waals surface area contributed by atoms with Crippen LogP contribution in [0.5, 0.6) is 11.5 Å². The lowest BCUT2D eigenvalue weighted by Gasteiger charge is -2.12. The van der Waals surface area contributed by atoms with E-state index in [1.165, 1.54) is 6.07 Å². The van der Waals surface area contributed by atoms with Crippen molar-refractivity contribution < 1.29 is 9.47 Å². The molecule has 0 saturated carbocycles. The van der Waals surface area contributed by atoms with Gasteiger partial charge in [0.05, 0.1) is 11.1 Å². The molecule has 4 aromatic rings. The molecule has 148 valence electrons. The van der Waals surface area contributed by atoms with Crippen molar-refractivity contribution >= 4 is 11.0 Å². The molecule has 30 heavy (non-hydrogen) atoms. The molecule has 0 spiro atoms. The van der Waals surface area contributed by atoms with E-state index < -0.39 is 0 Å². The molecule has 5 heteroatoms. The summed E-state index contributed by atoms with van der Waals surface area (Å²) in [6.45, 7) is 2.41. The van der Waals surface area contributed by atoms with Crippen molar-refractivity contribution in [2.24, 2.45) is 0 Å². The van der Waals surface area contributed by atoms with E-state index in [-0.39, 0.29) is 18.8 Å². The van der Waals surface area contributed by atoms with Crippen LogP contribution in [-0.2, 0) is 0 Å². The van der Waals surface area contributed by atoms with Crippen LogP contribution in [-0.4, -0.2) is 22.8 Å². The Bertz CT molecular complexity index is 1280. The Kier molecular flexibility index (Phi) is 5.77. The highest BCUT2D eigenvalue weighted by Crippen LogP contribution is 2.23.